The van der Waals surface area contributed by atoms with E-state index in [9.17, 15) is 0 Å². The van der Waals surface area contributed by atoms with Crippen LogP contribution in [-0.2, 0) is 5.33 Å². The maximum Gasteiger partial charge on any atom is 0.0410 e. The SMILES string of the molecule is CCN(C)c1ccc(Cl)cc1CBr. The summed E-state index contributed by atoms with van der Waals surface area (Å²) >= 11 is 9.36. The summed E-state index contributed by atoms with van der Waals surface area (Å²) in [6, 6.07) is 5.98. The van der Waals surface area contributed by atoms with Gasteiger partial charge in [0.05, 0.1) is 0 Å². The van der Waals surface area contributed by atoms with Gasteiger partial charge in [0.1, 0.15) is 0 Å². The molecule has 0 N–H and O–H groups in total. The van der Waals surface area contributed by atoms with Gasteiger partial charge in [0, 0.05) is 29.6 Å². The maximum atomic E-state index is 5.90. The van der Waals surface area contributed by atoms with E-state index in [1.54, 1.807) is 0 Å². The van der Waals surface area contributed by atoms with Crippen LogP contribution in [0.1, 0.15) is 12.5 Å². The zero-order chi connectivity index (χ0) is 9.84. The largest absolute Gasteiger partial charge is 0.375 e. The minimum atomic E-state index is 0.794. The van der Waals surface area contributed by atoms with Gasteiger partial charge in [-0.25, -0.2) is 0 Å². The molecule has 0 amide bonds. The maximum absolute atomic E-state index is 5.90. The Morgan fingerprint density at radius 2 is 2.15 bits per heavy atom. The molecule has 1 rings (SSSR count). The second-order valence-corrected chi connectivity index (χ2v) is 3.92. The highest BCUT2D eigenvalue weighted by atomic mass is 79.9. The van der Waals surface area contributed by atoms with E-state index >= 15 is 0 Å². The number of nitrogens with zero attached hydrogens (tertiary/aromatic N) is 1. The summed E-state index contributed by atoms with van der Waals surface area (Å²) in [5.74, 6) is 0. The van der Waals surface area contributed by atoms with E-state index < -0.39 is 0 Å². The molecule has 0 aliphatic heterocycles. The lowest BCUT2D eigenvalue weighted by Gasteiger charge is -2.19. The van der Waals surface area contributed by atoms with Gasteiger partial charge in [-0.1, -0.05) is 27.5 Å². The van der Waals surface area contributed by atoms with Gasteiger partial charge in [0.15, 0.2) is 0 Å². The van der Waals surface area contributed by atoms with E-state index in [1.165, 1.54) is 11.3 Å². The highest BCUT2D eigenvalue weighted by Crippen LogP contribution is 2.25. The molecule has 0 heterocycles. The van der Waals surface area contributed by atoms with E-state index in [2.05, 4.69) is 40.9 Å². The van der Waals surface area contributed by atoms with Crippen molar-refractivity contribution in [3.63, 3.8) is 0 Å². The summed E-state index contributed by atoms with van der Waals surface area (Å²) in [4.78, 5) is 2.20. The van der Waals surface area contributed by atoms with Crippen molar-refractivity contribution in [2.45, 2.75) is 12.3 Å². The first-order valence-corrected chi connectivity index (χ1v) is 5.74. The first kappa shape index (κ1) is 10.9. The summed E-state index contributed by atoms with van der Waals surface area (Å²) < 4.78 is 0. The Kier molecular flexibility index (Phi) is 4.07. The first-order chi connectivity index (χ1) is 6.19. The zero-order valence-corrected chi connectivity index (χ0v) is 10.2. The average molecular weight is 263 g/mol. The molecule has 0 radical (unpaired) electrons. The lowest BCUT2D eigenvalue weighted by Crippen LogP contribution is -2.17. The van der Waals surface area contributed by atoms with Crippen LogP contribution in [0.15, 0.2) is 18.2 Å². The molecule has 3 heteroatoms. The molecule has 72 valence electrons. The van der Waals surface area contributed by atoms with E-state index in [0.29, 0.717) is 0 Å². The van der Waals surface area contributed by atoms with Crippen molar-refractivity contribution in [1.82, 2.24) is 0 Å². The summed E-state index contributed by atoms with van der Waals surface area (Å²) in [6.07, 6.45) is 0. The second kappa shape index (κ2) is 4.87. The van der Waals surface area contributed by atoms with E-state index in [4.69, 9.17) is 11.6 Å². The predicted molar refractivity (Wildman–Crippen MR) is 63.0 cm³/mol. The molecule has 0 fully saturated rings. The Bertz CT molecular complexity index is 288. The van der Waals surface area contributed by atoms with Crippen molar-refractivity contribution in [3.8, 4) is 0 Å². The highest BCUT2D eigenvalue weighted by Gasteiger charge is 2.05. The minimum absolute atomic E-state index is 0.794. The molecule has 0 atom stereocenters. The molecule has 0 aliphatic rings. The van der Waals surface area contributed by atoms with Crippen LogP contribution < -0.4 is 4.90 Å². The zero-order valence-electron chi connectivity index (χ0n) is 7.85. The van der Waals surface area contributed by atoms with Crippen molar-refractivity contribution < 1.29 is 0 Å². The molecule has 1 aromatic carbocycles. The van der Waals surface area contributed by atoms with Crippen LogP contribution in [0.2, 0.25) is 5.02 Å². The monoisotopic (exact) mass is 261 g/mol. The Hall–Kier alpha value is -0.210. The van der Waals surface area contributed by atoms with E-state index in [-0.39, 0.29) is 0 Å². The van der Waals surface area contributed by atoms with Crippen molar-refractivity contribution in [2.75, 3.05) is 18.5 Å². The van der Waals surface area contributed by atoms with E-state index in [0.717, 1.165) is 16.9 Å². The fourth-order valence-corrected chi connectivity index (χ4v) is 1.85. The lowest BCUT2D eigenvalue weighted by atomic mass is 10.2. The fraction of sp³-hybridized carbons (Fsp3) is 0.400. The van der Waals surface area contributed by atoms with Crippen LogP contribution in [0.4, 0.5) is 5.69 Å². The summed E-state index contributed by atoms with van der Waals surface area (Å²) in [5.41, 5.74) is 2.47. The Labute approximate surface area is 92.8 Å². The van der Waals surface area contributed by atoms with Crippen molar-refractivity contribution in [2.24, 2.45) is 0 Å². The van der Waals surface area contributed by atoms with Crippen molar-refractivity contribution >= 4 is 33.2 Å². The number of alkyl halides is 1. The molecule has 0 bridgehead atoms. The normalized spacial score (nSPS) is 10.2. The number of rotatable bonds is 3. The van der Waals surface area contributed by atoms with Crippen LogP contribution in [0.3, 0.4) is 0 Å². The van der Waals surface area contributed by atoms with Crippen LogP contribution in [0, 0.1) is 0 Å². The standard InChI is InChI=1S/C10H13BrClN/c1-3-13(2)10-5-4-9(12)6-8(10)7-11/h4-6H,3,7H2,1-2H3. The molecule has 0 aliphatic carbocycles. The van der Waals surface area contributed by atoms with Gasteiger partial charge in [-0.3, -0.25) is 0 Å². The molecule has 0 aromatic heterocycles. The van der Waals surface area contributed by atoms with E-state index in [1.807, 2.05) is 12.1 Å². The Balaban J connectivity index is 3.05. The van der Waals surface area contributed by atoms with Crippen molar-refractivity contribution in [1.29, 1.82) is 0 Å². The molecule has 1 nitrogen and oxygen atoms in total. The fourth-order valence-electron chi connectivity index (χ4n) is 1.20. The molecule has 0 saturated carbocycles. The van der Waals surface area contributed by atoms with Gasteiger partial charge in [-0.15, -0.1) is 0 Å². The third kappa shape index (κ3) is 2.61. The van der Waals surface area contributed by atoms with Crippen LogP contribution >= 0.6 is 27.5 Å². The number of halogens is 2. The number of anilines is 1. The van der Waals surface area contributed by atoms with Gasteiger partial charge in [-0.05, 0) is 30.7 Å². The highest BCUT2D eigenvalue weighted by molar-refractivity contribution is 9.08. The summed E-state index contributed by atoms with van der Waals surface area (Å²) in [6.45, 7) is 3.13. The third-order valence-electron chi connectivity index (χ3n) is 2.07. The average Bonchev–Trinajstić information content (AvgIpc) is 2.16. The Morgan fingerprint density at radius 3 is 2.69 bits per heavy atom. The van der Waals surface area contributed by atoms with Crippen LogP contribution in [0.25, 0.3) is 0 Å². The smallest absolute Gasteiger partial charge is 0.0410 e. The van der Waals surface area contributed by atoms with Crippen LogP contribution in [0.5, 0.6) is 0 Å². The van der Waals surface area contributed by atoms with Gasteiger partial charge < -0.3 is 4.90 Å². The lowest BCUT2D eigenvalue weighted by molar-refractivity contribution is 0.960. The summed E-state index contributed by atoms with van der Waals surface area (Å²) in [5, 5.41) is 1.63. The molecular formula is C10H13BrClN. The molecule has 1 aromatic rings. The van der Waals surface area contributed by atoms with Crippen LogP contribution in [-0.4, -0.2) is 13.6 Å². The number of benzene rings is 1. The second-order valence-electron chi connectivity index (χ2n) is 2.92. The number of hydrogen-bond donors (Lipinski definition) is 0. The Morgan fingerprint density at radius 1 is 1.46 bits per heavy atom. The molecule has 0 spiro atoms. The third-order valence-corrected chi connectivity index (χ3v) is 2.91. The predicted octanol–water partition coefficient (Wildman–Crippen LogP) is 3.69. The quantitative estimate of drug-likeness (QED) is 0.751. The van der Waals surface area contributed by atoms with Gasteiger partial charge >= 0.3 is 0 Å². The molecule has 0 unspecified atom stereocenters. The number of hydrogen-bond acceptors (Lipinski definition) is 1. The first-order valence-electron chi connectivity index (χ1n) is 4.24. The minimum Gasteiger partial charge on any atom is -0.375 e. The topological polar surface area (TPSA) is 3.24 Å². The molecular weight excluding hydrogens is 249 g/mol. The van der Waals surface area contributed by atoms with Crippen molar-refractivity contribution in [3.05, 3.63) is 28.8 Å². The summed E-state index contributed by atoms with van der Waals surface area (Å²) in [7, 11) is 2.08. The molecule has 13 heavy (non-hydrogen) atoms. The molecule has 0 saturated heterocycles. The van der Waals surface area contributed by atoms with Gasteiger partial charge in [0.25, 0.3) is 0 Å². The van der Waals surface area contributed by atoms with Gasteiger partial charge in [-0.2, -0.15) is 0 Å². The van der Waals surface area contributed by atoms with Gasteiger partial charge in [0.2, 0.25) is 0 Å².